The molecule has 8 heteroatoms. The molecule has 0 radical (unpaired) electrons. The lowest BCUT2D eigenvalue weighted by Gasteiger charge is -2.11. The van der Waals surface area contributed by atoms with Gasteiger partial charge in [-0.1, -0.05) is 0 Å². The summed E-state index contributed by atoms with van der Waals surface area (Å²) in [6, 6.07) is 3.56. The lowest BCUT2D eigenvalue weighted by molar-refractivity contribution is -0.114. The van der Waals surface area contributed by atoms with Crippen LogP contribution in [0.25, 0.3) is 0 Å². The fourth-order valence-electron chi connectivity index (χ4n) is 1.81. The smallest absolute Gasteiger partial charge is 0.246 e. The molecule has 0 aliphatic rings. The molecule has 0 fully saturated rings. The minimum Gasteiger partial charge on any atom is -0.382 e. The van der Waals surface area contributed by atoms with Crippen LogP contribution in [0.15, 0.2) is 29.5 Å². The molecule has 1 aromatic rings. The minimum absolute atomic E-state index is 0. The molecule has 0 aliphatic carbocycles. The van der Waals surface area contributed by atoms with Crippen molar-refractivity contribution >= 4 is 41.5 Å². The van der Waals surface area contributed by atoms with Crippen molar-refractivity contribution in [3.63, 3.8) is 0 Å². The Hall–Kier alpha value is -1.42. The topological polar surface area (TPSA) is 87.6 Å². The number of carbonyl (C=O) groups is 1. The number of halogens is 1. The van der Waals surface area contributed by atoms with Crippen LogP contribution in [-0.4, -0.2) is 49.7 Å². The molecule has 1 rings (SSSR count). The van der Waals surface area contributed by atoms with Gasteiger partial charge in [0.1, 0.15) is 6.54 Å². The molecule has 0 saturated heterocycles. The SMILES string of the molecule is CCNC(=NCC(=O)Nc1cccnc1)NCCCCOCC.I. The summed E-state index contributed by atoms with van der Waals surface area (Å²) in [4.78, 5) is 20.1. The summed E-state index contributed by atoms with van der Waals surface area (Å²) < 4.78 is 5.29. The van der Waals surface area contributed by atoms with Crippen LogP contribution in [-0.2, 0) is 9.53 Å². The summed E-state index contributed by atoms with van der Waals surface area (Å²) in [5, 5.41) is 9.08. The third kappa shape index (κ3) is 11.2. The second-order valence-electron chi connectivity index (χ2n) is 4.82. The zero-order chi connectivity index (χ0) is 16.8. The average Bonchev–Trinajstić information content (AvgIpc) is 2.56. The summed E-state index contributed by atoms with van der Waals surface area (Å²) in [5.41, 5.74) is 0.668. The number of hydrogen-bond donors (Lipinski definition) is 3. The van der Waals surface area contributed by atoms with Gasteiger partial charge < -0.3 is 20.7 Å². The van der Waals surface area contributed by atoms with E-state index in [9.17, 15) is 4.79 Å². The third-order valence-electron chi connectivity index (χ3n) is 2.88. The van der Waals surface area contributed by atoms with E-state index in [1.54, 1.807) is 24.5 Å². The van der Waals surface area contributed by atoms with Gasteiger partial charge in [-0.25, -0.2) is 4.99 Å². The van der Waals surface area contributed by atoms with E-state index < -0.39 is 0 Å². The van der Waals surface area contributed by atoms with E-state index in [-0.39, 0.29) is 36.4 Å². The number of ether oxygens (including phenoxy) is 1. The molecule has 0 bridgehead atoms. The van der Waals surface area contributed by atoms with E-state index in [4.69, 9.17) is 4.74 Å². The molecule has 24 heavy (non-hydrogen) atoms. The first-order valence-electron chi connectivity index (χ1n) is 8.06. The third-order valence-corrected chi connectivity index (χ3v) is 2.88. The standard InChI is InChI=1S/C16H27N5O2.HI/c1-3-18-16(19-10-5-6-11-23-4-2)20-13-15(22)21-14-8-7-9-17-12-14;/h7-9,12H,3-6,10-11,13H2,1-2H3,(H,21,22)(H2,18,19,20);1H. The van der Waals surface area contributed by atoms with Crippen LogP contribution < -0.4 is 16.0 Å². The average molecular weight is 449 g/mol. The van der Waals surface area contributed by atoms with Gasteiger partial charge in [0.15, 0.2) is 5.96 Å². The van der Waals surface area contributed by atoms with E-state index in [1.807, 2.05) is 13.8 Å². The highest BCUT2D eigenvalue weighted by atomic mass is 127. The van der Waals surface area contributed by atoms with Crippen LogP contribution in [0.5, 0.6) is 0 Å². The fourth-order valence-corrected chi connectivity index (χ4v) is 1.81. The summed E-state index contributed by atoms with van der Waals surface area (Å²) in [6.45, 7) is 7.11. The number of nitrogens with zero attached hydrogens (tertiary/aromatic N) is 2. The maximum atomic E-state index is 11.9. The molecule has 1 heterocycles. The van der Waals surface area contributed by atoms with Crippen molar-refractivity contribution in [2.24, 2.45) is 4.99 Å². The summed E-state index contributed by atoms with van der Waals surface area (Å²) in [5.74, 6) is 0.469. The summed E-state index contributed by atoms with van der Waals surface area (Å²) >= 11 is 0. The minimum atomic E-state index is -0.174. The Morgan fingerprint density at radius 3 is 2.79 bits per heavy atom. The number of guanidine groups is 1. The second-order valence-corrected chi connectivity index (χ2v) is 4.82. The monoisotopic (exact) mass is 449 g/mol. The zero-order valence-corrected chi connectivity index (χ0v) is 16.7. The highest BCUT2D eigenvalue weighted by molar-refractivity contribution is 14.0. The van der Waals surface area contributed by atoms with E-state index in [0.717, 1.165) is 39.1 Å². The Bertz CT molecular complexity index is 471. The van der Waals surface area contributed by atoms with Crippen molar-refractivity contribution in [2.45, 2.75) is 26.7 Å². The number of hydrogen-bond acceptors (Lipinski definition) is 4. The van der Waals surface area contributed by atoms with Crippen LogP contribution >= 0.6 is 24.0 Å². The zero-order valence-electron chi connectivity index (χ0n) is 14.4. The molecule has 0 saturated carbocycles. The van der Waals surface area contributed by atoms with Crippen LogP contribution in [0.2, 0.25) is 0 Å². The van der Waals surface area contributed by atoms with E-state index in [1.165, 1.54) is 0 Å². The van der Waals surface area contributed by atoms with E-state index in [2.05, 4.69) is 25.9 Å². The fraction of sp³-hybridized carbons (Fsp3) is 0.562. The van der Waals surface area contributed by atoms with Gasteiger partial charge in [0.2, 0.25) is 5.91 Å². The molecular formula is C16H28IN5O2. The van der Waals surface area contributed by atoms with Crippen molar-refractivity contribution in [3.05, 3.63) is 24.5 Å². The van der Waals surface area contributed by atoms with Crippen molar-refractivity contribution in [1.82, 2.24) is 15.6 Å². The number of anilines is 1. The molecule has 7 nitrogen and oxygen atoms in total. The Morgan fingerprint density at radius 2 is 2.12 bits per heavy atom. The molecule has 136 valence electrons. The Labute approximate surface area is 161 Å². The predicted molar refractivity (Wildman–Crippen MR) is 108 cm³/mol. The number of amides is 1. The highest BCUT2D eigenvalue weighted by Crippen LogP contribution is 2.01. The van der Waals surface area contributed by atoms with Gasteiger partial charge in [0, 0.05) is 32.5 Å². The summed E-state index contributed by atoms with van der Waals surface area (Å²) in [6.07, 6.45) is 5.25. The quantitative estimate of drug-likeness (QED) is 0.220. The number of aliphatic imine (C=N–C) groups is 1. The van der Waals surface area contributed by atoms with Gasteiger partial charge in [-0.05, 0) is 38.8 Å². The first-order valence-corrected chi connectivity index (χ1v) is 8.06. The molecule has 0 aliphatic heterocycles. The Morgan fingerprint density at radius 1 is 1.29 bits per heavy atom. The van der Waals surface area contributed by atoms with Gasteiger partial charge in [0.05, 0.1) is 11.9 Å². The number of carbonyl (C=O) groups excluding carboxylic acids is 1. The van der Waals surface area contributed by atoms with Crippen molar-refractivity contribution in [2.75, 3.05) is 38.2 Å². The largest absolute Gasteiger partial charge is 0.382 e. The van der Waals surface area contributed by atoms with Crippen LogP contribution in [0.1, 0.15) is 26.7 Å². The maximum absolute atomic E-state index is 11.9. The molecule has 0 aromatic carbocycles. The molecule has 1 aromatic heterocycles. The van der Waals surface area contributed by atoms with Crippen molar-refractivity contribution in [3.8, 4) is 0 Å². The lowest BCUT2D eigenvalue weighted by atomic mass is 10.3. The van der Waals surface area contributed by atoms with Crippen LogP contribution in [0.3, 0.4) is 0 Å². The first-order chi connectivity index (χ1) is 11.3. The predicted octanol–water partition coefficient (Wildman–Crippen LogP) is 2.01. The highest BCUT2D eigenvalue weighted by Gasteiger charge is 2.03. The molecule has 3 N–H and O–H groups in total. The lowest BCUT2D eigenvalue weighted by Crippen LogP contribution is -2.38. The summed E-state index contributed by atoms with van der Waals surface area (Å²) in [7, 11) is 0. The number of nitrogens with one attached hydrogen (secondary N) is 3. The molecule has 0 unspecified atom stereocenters. The number of rotatable bonds is 10. The van der Waals surface area contributed by atoms with Crippen LogP contribution in [0, 0.1) is 0 Å². The number of pyridine rings is 1. The Kier molecular flexibility index (Phi) is 14.2. The van der Waals surface area contributed by atoms with Crippen LogP contribution in [0.4, 0.5) is 5.69 Å². The van der Waals surface area contributed by atoms with Gasteiger partial charge in [-0.2, -0.15) is 0 Å². The molecule has 1 amide bonds. The van der Waals surface area contributed by atoms with Gasteiger partial charge in [-0.3, -0.25) is 9.78 Å². The maximum Gasteiger partial charge on any atom is 0.246 e. The van der Waals surface area contributed by atoms with E-state index in [0.29, 0.717) is 11.6 Å². The van der Waals surface area contributed by atoms with Gasteiger partial charge in [0.25, 0.3) is 0 Å². The molecule has 0 spiro atoms. The van der Waals surface area contributed by atoms with Gasteiger partial charge >= 0.3 is 0 Å². The Balaban J connectivity index is 0.00000529. The molecule has 0 atom stereocenters. The van der Waals surface area contributed by atoms with Crippen molar-refractivity contribution in [1.29, 1.82) is 0 Å². The van der Waals surface area contributed by atoms with E-state index >= 15 is 0 Å². The number of unbranched alkanes of at least 4 members (excludes halogenated alkanes) is 1. The second kappa shape index (κ2) is 15.1. The first kappa shape index (κ1) is 22.6. The molecular weight excluding hydrogens is 421 g/mol. The van der Waals surface area contributed by atoms with Gasteiger partial charge in [-0.15, -0.1) is 24.0 Å². The van der Waals surface area contributed by atoms with Crippen molar-refractivity contribution < 1.29 is 9.53 Å². The number of aromatic nitrogens is 1. The normalized spacial score (nSPS) is 10.7.